The summed E-state index contributed by atoms with van der Waals surface area (Å²) in [4.78, 5) is 11.7. The molecule has 0 saturated heterocycles. The molecule has 0 bridgehead atoms. The molecule has 2 saturated carbocycles. The van der Waals surface area contributed by atoms with Crippen molar-refractivity contribution in [2.24, 2.45) is 5.92 Å². The lowest BCUT2D eigenvalue weighted by Crippen LogP contribution is -2.34. The molecule has 3 aromatic rings. The predicted octanol–water partition coefficient (Wildman–Crippen LogP) is 6.03. The minimum atomic E-state index is -0.664. The number of fused-ring (bicyclic) bond motifs is 2. The van der Waals surface area contributed by atoms with Gasteiger partial charge < -0.3 is 10.6 Å². The van der Waals surface area contributed by atoms with Crippen molar-refractivity contribution in [3.05, 3.63) is 60.3 Å². The summed E-state index contributed by atoms with van der Waals surface area (Å²) in [5.74, 6) is 2.77. The number of benzene rings is 1. The molecule has 2 aliphatic carbocycles. The van der Waals surface area contributed by atoms with Crippen LogP contribution >= 0.6 is 0 Å². The summed E-state index contributed by atoms with van der Waals surface area (Å²) >= 11 is 0. The first-order valence-electron chi connectivity index (χ1n) is 12.1. The Balaban J connectivity index is 1.40. The van der Waals surface area contributed by atoms with E-state index in [1.807, 2.05) is 6.20 Å². The molecule has 0 unspecified atom stereocenters. The minimum absolute atomic E-state index is 0.304. The van der Waals surface area contributed by atoms with Gasteiger partial charge in [0.2, 0.25) is 0 Å². The number of hydrogen-bond donors (Lipinski definition) is 1. The van der Waals surface area contributed by atoms with Crippen LogP contribution in [-0.4, -0.2) is 31.5 Å². The van der Waals surface area contributed by atoms with Gasteiger partial charge in [0.25, 0.3) is 0 Å². The zero-order chi connectivity index (χ0) is 22.7. The summed E-state index contributed by atoms with van der Waals surface area (Å²) in [5, 5.41) is 0. The van der Waals surface area contributed by atoms with E-state index in [1.165, 1.54) is 0 Å². The number of nitrogens with two attached hydrogens (primary N) is 1. The summed E-state index contributed by atoms with van der Waals surface area (Å²) < 4.78 is 15.8. The van der Waals surface area contributed by atoms with E-state index >= 15 is 0 Å². The number of aromatic nitrogens is 3. The second-order valence-corrected chi connectivity index (χ2v) is 10.0. The summed E-state index contributed by atoms with van der Waals surface area (Å²) in [6.07, 6.45) is 12.6. The summed E-state index contributed by atoms with van der Waals surface area (Å²) in [5.41, 5.74) is 12.3. The molecule has 0 spiro atoms. The molecule has 3 aliphatic rings. The molecule has 1 aliphatic heterocycles. The minimum Gasteiger partial charge on any atom is -0.382 e. The molecular formula is C27H30FN5. The van der Waals surface area contributed by atoms with Crippen molar-refractivity contribution < 1.29 is 4.39 Å². The van der Waals surface area contributed by atoms with Gasteiger partial charge in [-0.2, -0.15) is 0 Å². The largest absolute Gasteiger partial charge is 0.382 e. The summed E-state index contributed by atoms with van der Waals surface area (Å²) in [7, 11) is 0. The molecule has 0 amide bonds. The molecule has 0 radical (unpaired) electrons. The van der Waals surface area contributed by atoms with E-state index in [1.54, 1.807) is 6.20 Å². The predicted molar refractivity (Wildman–Crippen MR) is 131 cm³/mol. The molecule has 6 heteroatoms. The fourth-order valence-electron chi connectivity index (χ4n) is 5.83. The number of anilines is 1. The monoisotopic (exact) mass is 443 g/mol. The van der Waals surface area contributed by atoms with Crippen LogP contribution in [0.1, 0.15) is 68.3 Å². The van der Waals surface area contributed by atoms with Crippen LogP contribution in [-0.2, 0) is 0 Å². The van der Waals surface area contributed by atoms with E-state index in [0.29, 0.717) is 30.6 Å². The number of nitrogen functional groups attached to an aromatic ring is 1. The van der Waals surface area contributed by atoms with Crippen LogP contribution in [0.15, 0.2) is 43.4 Å². The maximum absolute atomic E-state index is 13.7. The van der Waals surface area contributed by atoms with E-state index < -0.39 is 6.17 Å². The number of alkyl halides is 1. The highest BCUT2D eigenvalue weighted by Gasteiger charge is 2.32. The van der Waals surface area contributed by atoms with Gasteiger partial charge >= 0.3 is 0 Å². The lowest BCUT2D eigenvalue weighted by atomic mass is 9.76. The van der Waals surface area contributed by atoms with Gasteiger partial charge in [-0.15, -0.1) is 0 Å². The molecule has 2 aromatic heterocycles. The number of imidazole rings is 1. The van der Waals surface area contributed by atoms with Gasteiger partial charge in [-0.1, -0.05) is 25.6 Å². The Kier molecular flexibility index (Phi) is 4.78. The standard InChI is InChI=1S/C27H30FN5/c1-16-13-20(14-16)27-31-24(25-26(29)30-10-12-33(25)27)19-4-3-18-9-11-32(17(2)23(18)15-19)22-7-5-21(28)6-8-22/h3-4,9-12,15-16,20-22H,2,5-8,13-14H2,1H3,(H2,29,30). The van der Waals surface area contributed by atoms with Crippen LogP contribution in [0.5, 0.6) is 0 Å². The Hall–Kier alpha value is -3.15. The van der Waals surface area contributed by atoms with Gasteiger partial charge in [0.05, 0.1) is 0 Å². The third-order valence-corrected chi connectivity index (χ3v) is 7.73. The first-order chi connectivity index (χ1) is 16.0. The second-order valence-electron chi connectivity index (χ2n) is 10.0. The normalized spacial score (nSPS) is 27.0. The van der Waals surface area contributed by atoms with Gasteiger partial charge in [-0.05, 0) is 62.1 Å². The van der Waals surface area contributed by atoms with Crippen LogP contribution in [0, 0.1) is 5.92 Å². The molecule has 5 nitrogen and oxygen atoms in total. The molecule has 2 N–H and O–H groups in total. The van der Waals surface area contributed by atoms with Crippen LogP contribution in [0.25, 0.3) is 28.5 Å². The third-order valence-electron chi connectivity index (χ3n) is 7.73. The van der Waals surface area contributed by atoms with E-state index in [9.17, 15) is 4.39 Å². The van der Waals surface area contributed by atoms with Gasteiger partial charge in [-0.3, -0.25) is 4.40 Å². The zero-order valence-electron chi connectivity index (χ0n) is 19.0. The van der Waals surface area contributed by atoms with Crippen LogP contribution < -0.4 is 5.73 Å². The van der Waals surface area contributed by atoms with Crippen molar-refractivity contribution >= 4 is 23.1 Å². The second kappa shape index (κ2) is 7.72. The van der Waals surface area contributed by atoms with E-state index in [-0.39, 0.29) is 0 Å². The van der Waals surface area contributed by atoms with Crippen molar-refractivity contribution in [2.75, 3.05) is 5.73 Å². The van der Waals surface area contributed by atoms with Crippen LogP contribution in [0.3, 0.4) is 0 Å². The Bertz CT molecular complexity index is 1260. The van der Waals surface area contributed by atoms with Crippen molar-refractivity contribution in [2.45, 2.75) is 63.6 Å². The highest BCUT2D eigenvalue weighted by molar-refractivity contribution is 5.88. The lowest BCUT2D eigenvalue weighted by molar-refractivity contribution is 0.189. The van der Waals surface area contributed by atoms with E-state index in [4.69, 9.17) is 10.7 Å². The third kappa shape index (κ3) is 3.35. The van der Waals surface area contributed by atoms with Crippen molar-refractivity contribution in [3.63, 3.8) is 0 Å². The first kappa shape index (κ1) is 20.5. The lowest BCUT2D eigenvalue weighted by Gasteiger charge is -2.38. The molecule has 33 heavy (non-hydrogen) atoms. The van der Waals surface area contributed by atoms with Crippen molar-refractivity contribution in [1.82, 2.24) is 19.3 Å². The SMILES string of the molecule is C=C1c2cc(-c3nc(C4CC(C)C4)n4ccnc(N)c34)ccc2C=CN1C1CCC(F)CC1. The van der Waals surface area contributed by atoms with Crippen LogP contribution in [0.2, 0.25) is 0 Å². The smallest absolute Gasteiger partial charge is 0.150 e. The topological polar surface area (TPSA) is 59.5 Å². The molecule has 1 aromatic carbocycles. The molecule has 3 heterocycles. The fourth-order valence-corrected chi connectivity index (χ4v) is 5.83. The average molecular weight is 444 g/mol. The molecule has 170 valence electrons. The Morgan fingerprint density at radius 2 is 1.94 bits per heavy atom. The Morgan fingerprint density at radius 3 is 2.70 bits per heavy atom. The Morgan fingerprint density at radius 1 is 1.15 bits per heavy atom. The zero-order valence-corrected chi connectivity index (χ0v) is 19.0. The fraction of sp³-hybridized carbons (Fsp3) is 0.407. The number of hydrogen-bond acceptors (Lipinski definition) is 4. The highest BCUT2D eigenvalue weighted by Crippen LogP contribution is 2.43. The van der Waals surface area contributed by atoms with E-state index in [0.717, 1.165) is 71.0 Å². The maximum atomic E-state index is 13.7. The quantitative estimate of drug-likeness (QED) is 0.537. The summed E-state index contributed by atoms with van der Waals surface area (Å²) in [6.45, 7) is 6.72. The van der Waals surface area contributed by atoms with E-state index in [2.05, 4.69) is 58.3 Å². The van der Waals surface area contributed by atoms with Crippen LogP contribution in [0.4, 0.5) is 10.2 Å². The van der Waals surface area contributed by atoms with Crippen molar-refractivity contribution in [1.29, 1.82) is 0 Å². The van der Waals surface area contributed by atoms with Crippen molar-refractivity contribution in [3.8, 4) is 11.3 Å². The number of rotatable bonds is 3. The number of nitrogens with zero attached hydrogens (tertiary/aromatic N) is 4. The molecular weight excluding hydrogens is 413 g/mol. The first-order valence-corrected chi connectivity index (χ1v) is 12.1. The maximum Gasteiger partial charge on any atom is 0.150 e. The van der Waals surface area contributed by atoms with Gasteiger partial charge in [0.15, 0.2) is 0 Å². The average Bonchev–Trinajstić information content (AvgIpc) is 3.18. The van der Waals surface area contributed by atoms with Gasteiger partial charge in [-0.25, -0.2) is 14.4 Å². The highest BCUT2D eigenvalue weighted by atomic mass is 19.1. The molecule has 2 fully saturated rings. The number of halogens is 1. The molecule has 0 atom stereocenters. The molecule has 6 rings (SSSR count). The summed E-state index contributed by atoms with van der Waals surface area (Å²) in [6, 6.07) is 6.72. The Labute approximate surface area is 193 Å². The van der Waals surface area contributed by atoms with Gasteiger partial charge in [0.1, 0.15) is 29.0 Å². The van der Waals surface area contributed by atoms with Gasteiger partial charge in [0, 0.05) is 47.4 Å².